The second kappa shape index (κ2) is 6.95. The summed E-state index contributed by atoms with van der Waals surface area (Å²) >= 11 is 0. The molecular weight excluding hydrogens is 240 g/mol. The summed E-state index contributed by atoms with van der Waals surface area (Å²) in [5.74, 6) is 0.139. The highest BCUT2D eigenvalue weighted by Crippen LogP contribution is 2.11. The van der Waals surface area contributed by atoms with Gasteiger partial charge in [0.1, 0.15) is 5.75 Å². The fourth-order valence-corrected chi connectivity index (χ4v) is 1.88. The average molecular weight is 262 g/mol. The molecule has 0 aliphatic heterocycles. The molecule has 0 spiro atoms. The summed E-state index contributed by atoms with van der Waals surface area (Å²) in [6.07, 6.45) is 0.464. The Bertz CT molecular complexity index is 440. The van der Waals surface area contributed by atoms with Gasteiger partial charge in [0, 0.05) is 13.1 Å². The summed E-state index contributed by atoms with van der Waals surface area (Å²) in [4.78, 5) is 13.9. The predicted octanol–water partition coefficient (Wildman–Crippen LogP) is 1.69. The van der Waals surface area contributed by atoms with Gasteiger partial charge in [0.15, 0.2) is 0 Å². The number of likely N-dealkylation sites (N-methyl/N-ethyl adjacent to an activating group) is 1. The molecule has 4 nitrogen and oxygen atoms in total. The van der Waals surface area contributed by atoms with Crippen LogP contribution in [0.2, 0.25) is 0 Å². The van der Waals surface area contributed by atoms with E-state index in [1.54, 1.807) is 29.2 Å². The summed E-state index contributed by atoms with van der Waals surface area (Å²) in [6.45, 7) is 8.79. The number of nitrogens with two attached hydrogens (primary N) is 1. The third-order valence-electron chi connectivity index (χ3n) is 2.86. The number of phenolic OH excluding ortho intramolecular Hbond substituents is 1. The van der Waals surface area contributed by atoms with Gasteiger partial charge < -0.3 is 15.7 Å². The molecule has 3 N–H and O–H groups in total. The number of rotatable bonds is 6. The Morgan fingerprint density at radius 2 is 2.00 bits per heavy atom. The molecule has 1 aromatic carbocycles. The van der Waals surface area contributed by atoms with E-state index in [0.29, 0.717) is 19.5 Å². The minimum atomic E-state index is -0.566. The van der Waals surface area contributed by atoms with Gasteiger partial charge in [-0.15, -0.1) is 0 Å². The van der Waals surface area contributed by atoms with Crippen LogP contribution in [0.5, 0.6) is 5.75 Å². The van der Waals surface area contributed by atoms with E-state index in [-0.39, 0.29) is 11.7 Å². The molecule has 1 amide bonds. The number of nitrogens with zero attached hydrogens (tertiary/aromatic N) is 1. The minimum absolute atomic E-state index is 0.0708. The Kier molecular flexibility index (Phi) is 5.57. The molecule has 1 unspecified atom stereocenters. The number of hydrogen-bond donors (Lipinski definition) is 2. The van der Waals surface area contributed by atoms with Crippen LogP contribution in [0.25, 0.3) is 0 Å². The zero-order valence-electron chi connectivity index (χ0n) is 11.6. The Morgan fingerprint density at radius 1 is 1.42 bits per heavy atom. The van der Waals surface area contributed by atoms with Crippen molar-refractivity contribution in [2.24, 2.45) is 5.73 Å². The molecule has 1 atom stereocenters. The van der Waals surface area contributed by atoms with Crippen molar-refractivity contribution in [3.63, 3.8) is 0 Å². The third kappa shape index (κ3) is 4.75. The predicted molar refractivity (Wildman–Crippen MR) is 76.9 cm³/mol. The maximum atomic E-state index is 12.2. The Morgan fingerprint density at radius 3 is 2.47 bits per heavy atom. The van der Waals surface area contributed by atoms with Crippen LogP contribution in [-0.2, 0) is 11.2 Å². The van der Waals surface area contributed by atoms with Crippen LogP contribution in [0.4, 0.5) is 0 Å². The molecule has 0 aromatic heterocycles. The molecule has 4 heteroatoms. The molecule has 0 radical (unpaired) electrons. The molecule has 0 bridgehead atoms. The minimum Gasteiger partial charge on any atom is -0.508 e. The second-order valence-electron chi connectivity index (χ2n) is 4.79. The van der Waals surface area contributed by atoms with Crippen molar-refractivity contribution in [2.45, 2.75) is 26.3 Å². The van der Waals surface area contributed by atoms with Gasteiger partial charge in [0.25, 0.3) is 0 Å². The number of phenols is 1. The molecule has 1 rings (SSSR count). The molecule has 19 heavy (non-hydrogen) atoms. The molecule has 0 aliphatic rings. The fourth-order valence-electron chi connectivity index (χ4n) is 1.88. The lowest BCUT2D eigenvalue weighted by Crippen LogP contribution is -2.45. The first-order chi connectivity index (χ1) is 8.93. The van der Waals surface area contributed by atoms with Crippen LogP contribution in [-0.4, -0.2) is 35.0 Å². The molecule has 104 valence electrons. The zero-order chi connectivity index (χ0) is 14.4. The number of carbonyl (C=O) groups excluding carboxylic acids is 1. The van der Waals surface area contributed by atoms with Crippen LogP contribution in [0.15, 0.2) is 36.4 Å². The van der Waals surface area contributed by atoms with Crippen molar-refractivity contribution in [1.82, 2.24) is 4.90 Å². The largest absolute Gasteiger partial charge is 0.508 e. The van der Waals surface area contributed by atoms with E-state index in [0.717, 1.165) is 11.1 Å². The van der Waals surface area contributed by atoms with Crippen LogP contribution in [0.3, 0.4) is 0 Å². The molecule has 0 fully saturated rings. The Balaban J connectivity index is 2.65. The highest BCUT2D eigenvalue weighted by atomic mass is 16.3. The first-order valence-corrected chi connectivity index (χ1v) is 6.40. The van der Waals surface area contributed by atoms with Crippen LogP contribution >= 0.6 is 0 Å². The van der Waals surface area contributed by atoms with Crippen LogP contribution in [0.1, 0.15) is 19.4 Å². The lowest BCUT2D eigenvalue weighted by Gasteiger charge is -2.24. The molecule has 0 saturated heterocycles. The monoisotopic (exact) mass is 262 g/mol. The molecule has 0 aliphatic carbocycles. The van der Waals surface area contributed by atoms with Gasteiger partial charge in [-0.25, -0.2) is 0 Å². The van der Waals surface area contributed by atoms with Gasteiger partial charge in [0.2, 0.25) is 5.91 Å². The highest BCUT2D eigenvalue weighted by molar-refractivity contribution is 5.82. The van der Waals surface area contributed by atoms with Crippen molar-refractivity contribution in [3.8, 4) is 5.75 Å². The SMILES string of the molecule is C=C(C)CN(CC)C(=O)C(N)Cc1ccc(O)cc1. The maximum Gasteiger partial charge on any atom is 0.240 e. The normalized spacial score (nSPS) is 11.9. The smallest absolute Gasteiger partial charge is 0.240 e. The maximum absolute atomic E-state index is 12.2. The van der Waals surface area contributed by atoms with Crippen molar-refractivity contribution in [2.75, 3.05) is 13.1 Å². The molecule has 0 heterocycles. The summed E-state index contributed by atoms with van der Waals surface area (Å²) in [7, 11) is 0. The molecule has 1 aromatic rings. The van der Waals surface area contributed by atoms with Crippen molar-refractivity contribution in [1.29, 1.82) is 0 Å². The number of amides is 1. The van der Waals surface area contributed by atoms with Gasteiger partial charge in [-0.05, 0) is 38.0 Å². The lowest BCUT2D eigenvalue weighted by molar-refractivity contribution is -0.131. The quantitative estimate of drug-likeness (QED) is 0.767. The van der Waals surface area contributed by atoms with E-state index in [4.69, 9.17) is 5.73 Å². The molecular formula is C15H22N2O2. The van der Waals surface area contributed by atoms with E-state index >= 15 is 0 Å². The standard InChI is InChI=1S/C15H22N2O2/c1-4-17(10-11(2)3)15(19)14(16)9-12-5-7-13(18)8-6-12/h5-8,14,18H,2,4,9-10,16H2,1,3H3. The topological polar surface area (TPSA) is 66.6 Å². The first kappa shape index (κ1) is 15.2. The Hall–Kier alpha value is -1.81. The summed E-state index contributed by atoms with van der Waals surface area (Å²) < 4.78 is 0. The average Bonchev–Trinajstić information content (AvgIpc) is 2.37. The van der Waals surface area contributed by atoms with Crippen molar-refractivity contribution >= 4 is 5.91 Å². The van der Waals surface area contributed by atoms with E-state index in [9.17, 15) is 9.90 Å². The molecule has 0 saturated carbocycles. The number of benzene rings is 1. The van der Waals surface area contributed by atoms with Gasteiger partial charge in [-0.1, -0.05) is 24.3 Å². The number of hydrogen-bond acceptors (Lipinski definition) is 3. The van der Waals surface area contributed by atoms with E-state index in [1.165, 1.54) is 0 Å². The summed E-state index contributed by atoms with van der Waals surface area (Å²) in [6, 6.07) is 6.18. The van der Waals surface area contributed by atoms with Crippen molar-refractivity contribution in [3.05, 3.63) is 42.0 Å². The third-order valence-corrected chi connectivity index (χ3v) is 2.86. The van der Waals surface area contributed by atoms with Gasteiger partial charge in [0.05, 0.1) is 6.04 Å². The summed E-state index contributed by atoms with van der Waals surface area (Å²) in [5, 5.41) is 9.21. The van der Waals surface area contributed by atoms with Crippen LogP contribution in [0, 0.1) is 0 Å². The van der Waals surface area contributed by atoms with E-state index in [2.05, 4.69) is 6.58 Å². The van der Waals surface area contributed by atoms with Crippen molar-refractivity contribution < 1.29 is 9.90 Å². The Labute approximate surface area is 114 Å². The van der Waals surface area contributed by atoms with Gasteiger partial charge in [-0.3, -0.25) is 4.79 Å². The zero-order valence-corrected chi connectivity index (χ0v) is 11.6. The van der Waals surface area contributed by atoms with Crippen LogP contribution < -0.4 is 5.73 Å². The highest BCUT2D eigenvalue weighted by Gasteiger charge is 2.20. The van der Waals surface area contributed by atoms with E-state index < -0.39 is 6.04 Å². The lowest BCUT2D eigenvalue weighted by atomic mass is 10.1. The number of carbonyl (C=O) groups is 1. The first-order valence-electron chi connectivity index (χ1n) is 6.40. The van der Waals surface area contributed by atoms with E-state index in [1.807, 2.05) is 13.8 Å². The van der Waals surface area contributed by atoms with Gasteiger partial charge >= 0.3 is 0 Å². The fraction of sp³-hybridized carbons (Fsp3) is 0.400. The number of aromatic hydroxyl groups is 1. The summed E-state index contributed by atoms with van der Waals surface area (Å²) in [5.41, 5.74) is 7.83. The second-order valence-corrected chi connectivity index (χ2v) is 4.79. The van der Waals surface area contributed by atoms with Gasteiger partial charge in [-0.2, -0.15) is 0 Å².